The number of benzene rings is 2. The van der Waals surface area contributed by atoms with Crippen LogP contribution in [0.3, 0.4) is 0 Å². The van der Waals surface area contributed by atoms with Gasteiger partial charge in [0, 0.05) is 70.9 Å². The number of hydrogen-bond acceptors (Lipinski definition) is 6. The Kier molecular flexibility index (Phi) is 6.93. The van der Waals surface area contributed by atoms with E-state index in [4.69, 9.17) is 4.42 Å². The molecule has 0 unspecified atom stereocenters. The maximum absolute atomic E-state index is 12.6. The minimum atomic E-state index is -0.524. The molecule has 33 heavy (non-hydrogen) atoms. The summed E-state index contributed by atoms with van der Waals surface area (Å²) in [4.78, 5) is 45.2. The molecule has 4 rings (SSSR count). The number of fused-ring (bicyclic) bond motifs is 1. The number of oxazole rings is 1. The van der Waals surface area contributed by atoms with Crippen LogP contribution in [-0.2, 0) is 11.2 Å². The van der Waals surface area contributed by atoms with E-state index in [1.54, 1.807) is 18.2 Å². The van der Waals surface area contributed by atoms with Gasteiger partial charge in [-0.25, -0.2) is 4.79 Å². The Bertz CT molecular complexity index is 1170. The van der Waals surface area contributed by atoms with Gasteiger partial charge in [-0.15, -0.1) is 0 Å². The number of carbonyl (C=O) groups is 2. The number of aromatic amines is 1. The molecule has 0 saturated carbocycles. The van der Waals surface area contributed by atoms with Crippen molar-refractivity contribution < 1.29 is 14.0 Å². The minimum absolute atomic E-state index is 0.0135. The fourth-order valence-corrected chi connectivity index (χ4v) is 4.11. The van der Waals surface area contributed by atoms with Crippen LogP contribution in [0.5, 0.6) is 0 Å². The van der Waals surface area contributed by atoms with Gasteiger partial charge in [-0.05, 0) is 42.3 Å². The molecule has 174 valence electrons. The first-order valence-corrected chi connectivity index (χ1v) is 11.3. The smallest absolute Gasteiger partial charge is 0.408 e. The lowest BCUT2D eigenvalue weighted by Gasteiger charge is -2.34. The van der Waals surface area contributed by atoms with Crippen LogP contribution in [0, 0.1) is 0 Å². The van der Waals surface area contributed by atoms with Gasteiger partial charge in [-0.3, -0.25) is 19.5 Å². The first kappa shape index (κ1) is 22.8. The van der Waals surface area contributed by atoms with Gasteiger partial charge in [-0.1, -0.05) is 12.1 Å². The van der Waals surface area contributed by atoms with Crippen molar-refractivity contribution in [3.63, 3.8) is 0 Å². The zero-order chi connectivity index (χ0) is 23.4. The molecule has 1 aliphatic rings. The first-order chi connectivity index (χ1) is 15.9. The van der Waals surface area contributed by atoms with Crippen molar-refractivity contribution >= 4 is 28.5 Å². The molecule has 2 aromatic carbocycles. The molecule has 1 aromatic heterocycles. The number of nitrogens with one attached hydrogen (secondary N) is 1. The maximum Gasteiger partial charge on any atom is 0.417 e. The molecular weight excluding hydrogens is 420 g/mol. The topological polar surface area (TPSA) is 89.9 Å². The molecule has 8 heteroatoms. The number of piperazine rings is 1. The third kappa shape index (κ3) is 5.70. The van der Waals surface area contributed by atoms with E-state index < -0.39 is 5.76 Å². The standard InChI is InChI=1S/C25H30N4O4/c1-27(2)20-7-3-18(4-8-20)5-10-24(31)29-15-13-28(14-16-29)12-11-22(30)19-6-9-21-23(17-19)33-25(32)26-21/h3-4,6-9,17H,5,10-16H2,1-2H3,(H,26,32). The summed E-state index contributed by atoms with van der Waals surface area (Å²) in [6.45, 7) is 3.55. The Balaban J connectivity index is 1.20. The van der Waals surface area contributed by atoms with E-state index in [0.717, 1.165) is 25.2 Å². The van der Waals surface area contributed by atoms with E-state index in [0.29, 0.717) is 49.1 Å². The Morgan fingerprint density at radius 3 is 2.42 bits per heavy atom. The maximum atomic E-state index is 12.6. The van der Waals surface area contributed by atoms with Crippen LogP contribution in [-0.4, -0.2) is 73.3 Å². The van der Waals surface area contributed by atoms with Crippen LogP contribution in [0.4, 0.5) is 5.69 Å². The molecule has 8 nitrogen and oxygen atoms in total. The van der Waals surface area contributed by atoms with Crippen LogP contribution < -0.4 is 10.7 Å². The van der Waals surface area contributed by atoms with Gasteiger partial charge in [0.2, 0.25) is 5.91 Å². The largest absolute Gasteiger partial charge is 0.417 e. The predicted molar refractivity (Wildman–Crippen MR) is 128 cm³/mol. The van der Waals surface area contributed by atoms with E-state index in [2.05, 4.69) is 39.0 Å². The van der Waals surface area contributed by atoms with Crippen molar-refractivity contribution in [1.29, 1.82) is 0 Å². The number of ketones is 1. The van der Waals surface area contributed by atoms with Crippen molar-refractivity contribution in [3.8, 4) is 0 Å². The Morgan fingerprint density at radius 2 is 1.73 bits per heavy atom. The number of H-pyrrole nitrogens is 1. The summed E-state index contributed by atoms with van der Waals surface area (Å²) in [5, 5.41) is 0. The number of carbonyl (C=O) groups excluding carboxylic acids is 2. The highest BCUT2D eigenvalue weighted by molar-refractivity contribution is 5.98. The molecule has 1 saturated heterocycles. The van der Waals surface area contributed by atoms with Gasteiger partial charge in [0.1, 0.15) is 0 Å². The molecule has 0 spiro atoms. The fourth-order valence-electron chi connectivity index (χ4n) is 4.11. The second-order valence-electron chi connectivity index (χ2n) is 8.68. The van der Waals surface area contributed by atoms with Crippen LogP contribution in [0.25, 0.3) is 11.1 Å². The quantitative estimate of drug-likeness (QED) is 0.531. The third-order valence-electron chi connectivity index (χ3n) is 6.20. The summed E-state index contributed by atoms with van der Waals surface area (Å²) >= 11 is 0. The van der Waals surface area contributed by atoms with Crippen molar-refractivity contribution in [1.82, 2.24) is 14.8 Å². The Morgan fingerprint density at radius 1 is 1.00 bits per heavy atom. The number of aromatic nitrogens is 1. The van der Waals surface area contributed by atoms with Gasteiger partial charge in [-0.2, -0.15) is 0 Å². The van der Waals surface area contributed by atoms with Gasteiger partial charge in [0.05, 0.1) is 5.52 Å². The number of amides is 1. The summed E-state index contributed by atoms with van der Waals surface area (Å²) in [5.74, 6) is -0.326. The average molecular weight is 451 g/mol. The van der Waals surface area contributed by atoms with Gasteiger partial charge in [0.25, 0.3) is 0 Å². The van der Waals surface area contributed by atoms with Crippen molar-refractivity contribution in [2.75, 3.05) is 51.7 Å². The lowest BCUT2D eigenvalue weighted by atomic mass is 10.1. The van der Waals surface area contributed by atoms with E-state index in [-0.39, 0.29) is 11.7 Å². The summed E-state index contributed by atoms with van der Waals surface area (Å²) in [6.07, 6.45) is 1.64. The zero-order valence-electron chi connectivity index (χ0n) is 19.2. The molecule has 0 aliphatic carbocycles. The Labute approximate surface area is 192 Å². The number of rotatable bonds is 8. The molecule has 0 atom stereocenters. The third-order valence-corrected chi connectivity index (χ3v) is 6.20. The van der Waals surface area contributed by atoms with Gasteiger partial charge in [0.15, 0.2) is 11.4 Å². The summed E-state index contributed by atoms with van der Waals surface area (Å²) < 4.78 is 5.04. The highest BCUT2D eigenvalue weighted by atomic mass is 16.4. The highest BCUT2D eigenvalue weighted by Gasteiger charge is 2.21. The van der Waals surface area contributed by atoms with Gasteiger partial charge < -0.3 is 14.2 Å². The average Bonchev–Trinajstić information content (AvgIpc) is 3.20. The van der Waals surface area contributed by atoms with Crippen LogP contribution in [0.15, 0.2) is 51.7 Å². The molecule has 0 bridgehead atoms. The number of Topliss-reactive ketones (excluding diaryl/α,β-unsaturated/α-hetero) is 1. The van der Waals surface area contributed by atoms with Crippen LogP contribution in [0.1, 0.15) is 28.8 Å². The fraction of sp³-hybridized carbons (Fsp3) is 0.400. The van der Waals surface area contributed by atoms with E-state index in [1.807, 2.05) is 19.0 Å². The van der Waals surface area contributed by atoms with E-state index in [9.17, 15) is 14.4 Å². The minimum Gasteiger partial charge on any atom is -0.408 e. The molecule has 1 amide bonds. The highest BCUT2D eigenvalue weighted by Crippen LogP contribution is 2.16. The van der Waals surface area contributed by atoms with Crippen LogP contribution >= 0.6 is 0 Å². The second kappa shape index (κ2) is 10.0. The number of nitrogens with zero attached hydrogens (tertiary/aromatic N) is 3. The molecule has 2 heterocycles. The van der Waals surface area contributed by atoms with Crippen molar-refractivity contribution in [2.24, 2.45) is 0 Å². The molecule has 3 aromatic rings. The normalized spacial score (nSPS) is 14.5. The van der Waals surface area contributed by atoms with Crippen LogP contribution in [0.2, 0.25) is 0 Å². The van der Waals surface area contributed by atoms with E-state index >= 15 is 0 Å². The number of anilines is 1. The SMILES string of the molecule is CN(C)c1ccc(CCC(=O)N2CCN(CCC(=O)c3ccc4[nH]c(=O)oc4c3)CC2)cc1. The zero-order valence-corrected chi connectivity index (χ0v) is 19.2. The van der Waals surface area contributed by atoms with E-state index in [1.165, 1.54) is 5.56 Å². The summed E-state index contributed by atoms with van der Waals surface area (Å²) in [7, 11) is 4.02. The predicted octanol–water partition coefficient (Wildman–Crippen LogP) is 2.54. The van der Waals surface area contributed by atoms with Crippen molar-refractivity contribution in [2.45, 2.75) is 19.3 Å². The number of hydrogen-bond donors (Lipinski definition) is 1. The van der Waals surface area contributed by atoms with Gasteiger partial charge >= 0.3 is 5.76 Å². The first-order valence-electron chi connectivity index (χ1n) is 11.3. The second-order valence-corrected chi connectivity index (χ2v) is 8.68. The molecule has 1 fully saturated rings. The number of aryl methyl sites for hydroxylation is 1. The summed E-state index contributed by atoms with van der Waals surface area (Å²) in [6, 6.07) is 13.3. The van der Waals surface area contributed by atoms with Crippen molar-refractivity contribution in [3.05, 3.63) is 64.1 Å². The Hall–Kier alpha value is -3.39. The monoisotopic (exact) mass is 450 g/mol. The molecule has 0 radical (unpaired) electrons. The molecule has 1 aliphatic heterocycles. The summed E-state index contributed by atoms with van der Waals surface area (Å²) in [5.41, 5.74) is 3.84. The lowest BCUT2D eigenvalue weighted by molar-refractivity contribution is -0.132. The lowest BCUT2D eigenvalue weighted by Crippen LogP contribution is -2.49. The molecular formula is C25H30N4O4. The molecule has 1 N–H and O–H groups in total.